The molecule has 0 fully saturated rings. The van der Waals surface area contributed by atoms with Crippen LogP contribution in [0.5, 0.6) is 0 Å². The maximum atomic E-state index is 6.73. The Hall–Kier alpha value is -18.4. The predicted octanol–water partition coefficient (Wildman–Crippen LogP) is 36.4. The van der Waals surface area contributed by atoms with Crippen molar-refractivity contribution in [2.75, 3.05) is 0 Å². The number of rotatable bonds is 10. The third kappa shape index (κ3) is 13.5. The monoisotopic (exact) mass is 1840 g/mol. The number of fused-ring (bicyclic) bond motifs is 24. The first-order chi connectivity index (χ1) is 70.5. The minimum absolute atomic E-state index is 0.654. The van der Waals surface area contributed by atoms with Crippen LogP contribution in [0.3, 0.4) is 0 Å². The molecule has 0 aliphatic rings. The molecule has 0 N–H and O–H groups in total. The number of para-hydroxylation sites is 2. The van der Waals surface area contributed by atoms with E-state index in [9.17, 15) is 0 Å². The van der Waals surface area contributed by atoms with Gasteiger partial charge in [0.1, 0.15) is 22.3 Å². The Morgan fingerprint density at radius 3 is 1.15 bits per heavy atom. The van der Waals surface area contributed by atoms with Gasteiger partial charge in [0.15, 0.2) is 29.1 Å². The van der Waals surface area contributed by atoms with Gasteiger partial charge < -0.3 is 8.83 Å². The Bertz CT molecular complexity index is 10400. The largest absolute Gasteiger partial charge is 0.456 e. The van der Waals surface area contributed by atoms with Crippen LogP contribution in [0.15, 0.2) is 476 Å². The summed E-state index contributed by atoms with van der Waals surface area (Å²) in [4.78, 5) is 37.8. The fourth-order valence-electron chi connectivity index (χ4n) is 21.8. The smallest absolute Gasteiger partial charge is 0.165 e. The molecule has 0 saturated carbocycles. The number of furan rings is 2. The molecular formula is C131H77N7O2S2. The van der Waals surface area contributed by atoms with Crippen LogP contribution in [0.2, 0.25) is 0 Å². The Kier molecular flexibility index (Phi) is 19.5. The van der Waals surface area contributed by atoms with Crippen molar-refractivity contribution in [2.24, 2.45) is 0 Å². The van der Waals surface area contributed by atoms with E-state index >= 15 is 0 Å². The quantitative estimate of drug-likeness (QED) is 0.123. The molecular weight excluding hydrogens is 1770 g/mol. The van der Waals surface area contributed by atoms with Crippen LogP contribution in [0.4, 0.5) is 0 Å². The molecule has 9 nitrogen and oxygen atoms in total. The van der Waals surface area contributed by atoms with Crippen molar-refractivity contribution >= 4 is 204 Å². The molecule has 11 heteroatoms. The summed E-state index contributed by atoms with van der Waals surface area (Å²) in [6.45, 7) is 0. The zero-order valence-corrected chi connectivity index (χ0v) is 77.9. The Balaban J connectivity index is 0.000000104. The second-order valence-corrected chi connectivity index (χ2v) is 38.2. The van der Waals surface area contributed by atoms with Gasteiger partial charge in [-0.2, -0.15) is 0 Å². The summed E-state index contributed by atoms with van der Waals surface area (Å²) in [6, 6.07) is 164. The van der Waals surface area contributed by atoms with Crippen LogP contribution in [-0.4, -0.2) is 34.9 Å². The normalized spacial score (nSPS) is 11.8. The summed E-state index contributed by atoms with van der Waals surface area (Å²) in [5.74, 6) is 3.40. The van der Waals surface area contributed by atoms with Gasteiger partial charge in [-0.3, -0.25) is 0 Å². The van der Waals surface area contributed by atoms with Gasteiger partial charge in [0, 0.05) is 134 Å². The Morgan fingerprint density at radius 2 is 0.563 bits per heavy atom. The third-order valence-corrected chi connectivity index (χ3v) is 30.4. The van der Waals surface area contributed by atoms with Gasteiger partial charge in [-0.25, -0.2) is 34.9 Å². The first kappa shape index (κ1) is 81.9. The lowest BCUT2D eigenvalue weighted by Crippen LogP contribution is -2.02. The van der Waals surface area contributed by atoms with Crippen molar-refractivity contribution in [2.45, 2.75) is 0 Å². The van der Waals surface area contributed by atoms with E-state index in [-0.39, 0.29) is 0 Å². The predicted molar refractivity (Wildman–Crippen MR) is 596 cm³/mol. The number of nitrogens with zero attached hydrogens (tertiary/aromatic N) is 7. The van der Waals surface area contributed by atoms with E-state index in [2.05, 4.69) is 413 Å². The molecule has 0 atom stereocenters. The van der Waals surface area contributed by atoms with Crippen LogP contribution >= 0.6 is 22.7 Å². The number of benzene rings is 23. The fourth-order valence-corrected chi connectivity index (χ4v) is 24.3. The zero-order chi connectivity index (χ0) is 93.4. The van der Waals surface area contributed by atoms with Gasteiger partial charge in [0.05, 0.1) is 22.4 Å². The lowest BCUT2D eigenvalue weighted by Gasteiger charge is -2.17. The van der Waals surface area contributed by atoms with Crippen LogP contribution in [-0.2, 0) is 0 Å². The Morgan fingerprint density at radius 1 is 0.176 bits per heavy atom. The average molecular weight is 1850 g/mol. The molecule has 0 saturated heterocycles. The average Bonchev–Trinajstić information content (AvgIpc) is 1.54. The molecule has 0 amide bonds. The van der Waals surface area contributed by atoms with Crippen molar-refractivity contribution < 1.29 is 8.83 Å². The van der Waals surface area contributed by atoms with Gasteiger partial charge in [-0.05, 0) is 141 Å². The molecule has 0 radical (unpaired) electrons. The van der Waals surface area contributed by atoms with E-state index in [1.165, 1.54) is 84.1 Å². The van der Waals surface area contributed by atoms with Gasteiger partial charge in [-0.15, -0.1) is 22.7 Å². The molecule has 142 heavy (non-hydrogen) atoms. The van der Waals surface area contributed by atoms with E-state index in [0.717, 1.165) is 187 Å². The van der Waals surface area contributed by atoms with Crippen molar-refractivity contribution in [3.05, 3.63) is 467 Å². The SMILES string of the molecule is c1ccc(-c2c3ccccc3c(-c3nc(-c4ccc5c(c4)oc4ccccc45)c4c(ccc5ccccc54)n3)c3c2sc2ccccc23)cc1.c1ccc(-c2nc(-c3c4ccccc4c(-c4ccccc4)c4oc5ccccc5c34)nc3c2ccc2ccccc23)cc1.c1ccc(-c2nc(-c3cc4ccccc4c4ccccc34)nc(-c3c4ccccc4c(-c4ccccc4)c4sc5ccccc5c34)n2)cc1. The second-order valence-electron chi connectivity index (χ2n) is 36.1. The minimum atomic E-state index is 0.654. The minimum Gasteiger partial charge on any atom is -0.456 e. The Labute approximate surface area is 821 Å². The number of aromatic nitrogens is 7. The standard InChI is InChI=1S/C46H26N2OS.C45H27N3S.C40H24N2O/c1-2-13-28(14-3-1)40-33-17-6-7-18-34(33)43(42-35-19-9-11-21-39(35)50-45(40)42)46-47-36-25-23-27-12-4-5-15-30(27)41(36)44(48-46)29-22-24-32-31-16-8-10-20-37(31)49-38(32)26-29;1-3-15-28(16-4-1)39-34-23-11-12-24-35(34)41(40-36-25-13-14-26-38(36)49-42(39)40)45-47-43(29-17-5-2-6-18-29)46-44(48-45)37-27-30-19-7-8-20-31(30)32-21-9-10-22-33(32)37;1-3-14-26(15-4-1)34-29-19-9-10-20-30(29)36(35-31-21-11-12-22-33(31)43-39(34)35)40-41-37(27-16-5-2-6-17-27)32-24-23-25-13-7-8-18-28(25)38(32)42-40/h1-26H;1-27H;1-24H. The van der Waals surface area contributed by atoms with Crippen molar-refractivity contribution in [3.8, 4) is 113 Å². The lowest BCUT2D eigenvalue weighted by atomic mass is 9.90. The molecule has 7 aromatic heterocycles. The molecule has 660 valence electrons. The second kappa shape index (κ2) is 33.8. The summed E-state index contributed by atoms with van der Waals surface area (Å²) in [5, 5.41) is 27.3. The molecule has 7 heterocycles. The zero-order valence-electron chi connectivity index (χ0n) is 76.2. The highest BCUT2D eigenvalue weighted by atomic mass is 32.1. The molecule has 0 unspecified atom stereocenters. The highest BCUT2D eigenvalue weighted by molar-refractivity contribution is 7.27. The number of hydrogen-bond donors (Lipinski definition) is 0. The molecule has 30 rings (SSSR count). The van der Waals surface area contributed by atoms with Crippen molar-refractivity contribution in [1.29, 1.82) is 0 Å². The first-order valence-corrected chi connectivity index (χ1v) is 49.4. The highest BCUT2D eigenvalue weighted by Crippen LogP contribution is 2.55. The maximum absolute atomic E-state index is 6.73. The van der Waals surface area contributed by atoms with E-state index in [1.54, 1.807) is 0 Å². The van der Waals surface area contributed by atoms with E-state index in [0.29, 0.717) is 23.3 Å². The summed E-state index contributed by atoms with van der Waals surface area (Å²) in [7, 11) is 0. The molecule has 0 spiro atoms. The number of thiophene rings is 2. The lowest BCUT2D eigenvalue weighted by molar-refractivity contribution is 0.669. The first-order valence-electron chi connectivity index (χ1n) is 47.8. The topological polar surface area (TPSA) is 117 Å². The molecule has 0 bridgehead atoms. The van der Waals surface area contributed by atoms with E-state index in [1.807, 2.05) is 77.3 Å². The summed E-state index contributed by atoms with van der Waals surface area (Å²) in [6.07, 6.45) is 0. The summed E-state index contributed by atoms with van der Waals surface area (Å²) in [5.41, 5.74) is 21.3. The third-order valence-electron chi connectivity index (χ3n) is 28.0. The van der Waals surface area contributed by atoms with Gasteiger partial charge >= 0.3 is 0 Å². The molecule has 23 aromatic carbocycles. The van der Waals surface area contributed by atoms with Crippen LogP contribution in [0.25, 0.3) is 294 Å². The van der Waals surface area contributed by atoms with Crippen LogP contribution < -0.4 is 0 Å². The van der Waals surface area contributed by atoms with Gasteiger partial charge in [0.2, 0.25) is 0 Å². The molecule has 30 aromatic rings. The van der Waals surface area contributed by atoms with Crippen molar-refractivity contribution in [1.82, 2.24) is 34.9 Å². The maximum Gasteiger partial charge on any atom is 0.165 e. The fraction of sp³-hybridized carbons (Fsp3) is 0. The summed E-state index contributed by atoms with van der Waals surface area (Å²) >= 11 is 3.69. The van der Waals surface area contributed by atoms with Crippen molar-refractivity contribution in [3.63, 3.8) is 0 Å². The van der Waals surface area contributed by atoms with Crippen LogP contribution in [0, 0.1) is 0 Å². The molecule has 0 aliphatic heterocycles. The summed E-state index contributed by atoms with van der Waals surface area (Å²) < 4.78 is 18.1. The van der Waals surface area contributed by atoms with Gasteiger partial charge in [-0.1, -0.05) is 413 Å². The van der Waals surface area contributed by atoms with E-state index in [4.69, 9.17) is 43.7 Å². The van der Waals surface area contributed by atoms with Crippen LogP contribution in [0.1, 0.15) is 0 Å². The molecule has 0 aliphatic carbocycles. The van der Waals surface area contributed by atoms with E-state index < -0.39 is 0 Å². The van der Waals surface area contributed by atoms with Gasteiger partial charge in [0.25, 0.3) is 0 Å². The number of hydrogen-bond acceptors (Lipinski definition) is 11. The highest BCUT2D eigenvalue weighted by Gasteiger charge is 2.31.